The van der Waals surface area contributed by atoms with Crippen LogP contribution < -0.4 is 0 Å². The average molecular weight is 433 g/mol. The van der Waals surface area contributed by atoms with Crippen LogP contribution >= 0.6 is 0 Å². The highest BCUT2D eigenvalue weighted by Crippen LogP contribution is 2.29. The van der Waals surface area contributed by atoms with Crippen LogP contribution in [0.2, 0.25) is 0 Å². The molecule has 3 N–H and O–H groups in total. The van der Waals surface area contributed by atoms with Gasteiger partial charge in [-0.3, -0.25) is 0 Å². The summed E-state index contributed by atoms with van der Waals surface area (Å²) >= 11 is 0. The summed E-state index contributed by atoms with van der Waals surface area (Å²) in [7, 11) is 0. The van der Waals surface area contributed by atoms with Crippen molar-refractivity contribution in [3.63, 3.8) is 0 Å². The van der Waals surface area contributed by atoms with Crippen molar-refractivity contribution >= 4 is 0 Å². The summed E-state index contributed by atoms with van der Waals surface area (Å²) in [4.78, 5) is 0. The minimum atomic E-state index is -0.652. The number of hydrogen-bond donors (Lipinski definition) is 3. The summed E-state index contributed by atoms with van der Waals surface area (Å²) < 4.78 is 23.7. The Bertz CT molecular complexity index is 461. The first kappa shape index (κ1) is 26.0. The van der Waals surface area contributed by atoms with Crippen molar-refractivity contribution in [3.8, 4) is 0 Å². The molecule has 0 aliphatic carbocycles. The highest BCUT2D eigenvalue weighted by Gasteiger charge is 2.33. The van der Waals surface area contributed by atoms with Crippen molar-refractivity contribution in [3.05, 3.63) is 0 Å². The van der Waals surface area contributed by atoms with Crippen LogP contribution in [0.3, 0.4) is 0 Å². The summed E-state index contributed by atoms with van der Waals surface area (Å²) in [6.45, 7) is 7.98. The number of rotatable bonds is 12. The lowest BCUT2D eigenvalue weighted by Gasteiger charge is -2.37. The van der Waals surface area contributed by atoms with E-state index in [9.17, 15) is 15.3 Å². The topological polar surface area (TPSA) is 97.6 Å². The quantitative estimate of drug-likeness (QED) is 0.435. The van der Waals surface area contributed by atoms with Crippen LogP contribution in [0.1, 0.15) is 91.9 Å². The van der Waals surface area contributed by atoms with Crippen molar-refractivity contribution in [2.75, 3.05) is 0 Å². The van der Waals surface area contributed by atoms with Gasteiger partial charge in [-0.1, -0.05) is 26.7 Å². The third-order valence-electron chi connectivity index (χ3n) is 5.80. The first-order valence-corrected chi connectivity index (χ1v) is 11.9. The normalized spacial score (nSPS) is 35.7. The van der Waals surface area contributed by atoms with Gasteiger partial charge in [0.1, 0.15) is 0 Å². The Morgan fingerprint density at radius 2 is 1.20 bits per heavy atom. The van der Waals surface area contributed by atoms with Gasteiger partial charge in [-0.05, 0) is 58.8 Å². The molecule has 0 aromatic heterocycles. The number of aliphatic hydroxyl groups is 3. The molecule has 9 atom stereocenters. The van der Waals surface area contributed by atoms with E-state index in [4.69, 9.17) is 18.9 Å². The van der Waals surface area contributed by atoms with Crippen molar-refractivity contribution in [2.45, 2.75) is 147 Å². The third kappa shape index (κ3) is 9.47. The molecule has 2 aliphatic heterocycles. The summed E-state index contributed by atoms with van der Waals surface area (Å²) in [5, 5.41) is 30.8. The summed E-state index contributed by atoms with van der Waals surface area (Å²) in [5.74, 6) is 0. The zero-order valence-corrected chi connectivity index (χ0v) is 19.2. The third-order valence-corrected chi connectivity index (χ3v) is 5.80. The number of hydrogen-bond acceptors (Lipinski definition) is 7. The molecule has 2 saturated heterocycles. The Labute approximate surface area is 182 Å². The molecule has 30 heavy (non-hydrogen) atoms. The Morgan fingerprint density at radius 3 is 1.70 bits per heavy atom. The summed E-state index contributed by atoms with van der Waals surface area (Å²) in [5.41, 5.74) is 0. The molecule has 7 nitrogen and oxygen atoms in total. The van der Waals surface area contributed by atoms with Crippen LogP contribution in [0.15, 0.2) is 0 Å². The van der Waals surface area contributed by atoms with E-state index < -0.39 is 18.3 Å². The van der Waals surface area contributed by atoms with E-state index in [0.717, 1.165) is 32.1 Å². The molecule has 2 aliphatic rings. The standard InChI is InChI=1S/C23H44O7/c1-5-7-22-27-16(4)10-20(29-22)12-17(25)11-18(26)13-21-14-19(9-15(3)24)28-23(30-21)8-6-2/h15-26H,5-14H2,1-4H3. The van der Waals surface area contributed by atoms with Crippen LogP contribution in [0, 0.1) is 0 Å². The zero-order valence-electron chi connectivity index (χ0n) is 19.2. The van der Waals surface area contributed by atoms with Gasteiger partial charge in [0, 0.05) is 6.42 Å². The lowest BCUT2D eigenvalue weighted by Crippen LogP contribution is -2.41. The van der Waals surface area contributed by atoms with Gasteiger partial charge < -0.3 is 34.3 Å². The molecule has 2 rings (SSSR count). The van der Waals surface area contributed by atoms with Crippen molar-refractivity contribution < 1.29 is 34.3 Å². The van der Waals surface area contributed by atoms with Gasteiger partial charge in [-0.25, -0.2) is 0 Å². The maximum absolute atomic E-state index is 10.6. The monoisotopic (exact) mass is 432 g/mol. The molecule has 0 aromatic rings. The number of ether oxygens (including phenoxy) is 4. The Hall–Kier alpha value is -0.280. The fourth-order valence-electron chi connectivity index (χ4n) is 4.55. The molecule has 178 valence electrons. The minimum absolute atomic E-state index is 0.0452. The Balaban J connectivity index is 1.79. The maximum Gasteiger partial charge on any atom is 0.158 e. The predicted octanol–water partition coefficient (Wildman–Crippen LogP) is 3.27. The fraction of sp³-hybridized carbons (Fsp3) is 1.00. The lowest BCUT2D eigenvalue weighted by atomic mass is 9.95. The zero-order chi connectivity index (χ0) is 22.1. The predicted molar refractivity (Wildman–Crippen MR) is 114 cm³/mol. The Morgan fingerprint density at radius 1 is 0.733 bits per heavy atom. The second-order valence-electron chi connectivity index (χ2n) is 9.23. The molecular formula is C23H44O7. The lowest BCUT2D eigenvalue weighted by molar-refractivity contribution is -0.253. The average Bonchev–Trinajstić information content (AvgIpc) is 2.60. The molecule has 0 spiro atoms. The molecule has 2 fully saturated rings. The van der Waals surface area contributed by atoms with Crippen molar-refractivity contribution in [1.82, 2.24) is 0 Å². The van der Waals surface area contributed by atoms with Gasteiger partial charge >= 0.3 is 0 Å². The van der Waals surface area contributed by atoms with Crippen LogP contribution in [-0.4, -0.2) is 70.6 Å². The van der Waals surface area contributed by atoms with E-state index in [2.05, 4.69) is 13.8 Å². The molecular weight excluding hydrogens is 388 g/mol. The van der Waals surface area contributed by atoms with Gasteiger partial charge in [0.15, 0.2) is 12.6 Å². The van der Waals surface area contributed by atoms with Crippen molar-refractivity contribution in [2.24, 2.45) is 0 Å². The van der Waals surface area contributed by atoms with E-state index in [0.29, 0.717) is 32.1 Å². The van der Waals surface area contributed by atoms with E-state index in [-0.39, 0.29) is 37.0 Å². The highest BCUT2D eigenvalue weighted by molar-refractivity contribution is 4.79. The largest absolute Gasteiger partial charge is 0.393 e. The molecule has 0 amide bonds. The molecule has 9 unspecified atom stereocenters. The maximum atomic E-state index is 10.6. The SMILES string of the molecule is CCCC1OC(C)CC(CC(O)CC(O)CC2CC(CC(C)O)OC(CCC)O2)O1. The van der Waals surface area contributed by atoms with Gasteiger partial charge in [-0.15, -0.1) is 0 Å². The molecule has 2 heterocycles. The van der Waals surface area contributed by atoms with E-state index >= 15 is 0 Å². The van der Waals surface area contributed by atoms with Crippen LogP contribution in [0.25, 0.3) is 0 Å². The molecule has 7 heteroatoms. The summed E-state index contributed by atoms with van der Waals surface area (Å²) in [6, 6.07) is 0. The van der Waals surface area contributed by atoms with Crippen LogP contribution in [0.4, 0.5) is 0 Å². The van der Waals surface area contributed by atoms with Crippen molar-refractivity contribution in [1.29, 1.82) is 0 Å². The highest BCUT2D eigenvalue weighted by atomic mass is 16.7. The number of aliphatic hydroxyl groups excluding tert-OH is 3. The van der Waals surface area contributed by atoms with Crippen LogP contribution in [0.5, 0.6) is 0 Å². The van der Waals surface area contributed by atoms with Crippen LogP contribution in [-0.2, 0) is 18.9 Å². The first-order valence-electron chi connectivity index (χ1n) is 11.9. The Kier molecular flexibility index (Phi) is 11.5. The second-order valence-corrected chi connectivity index (χ2v) is 9.23. The van der Waals surface area contributed by atoms with E-state index in [1.807, 2.05) is 6.92 Å². The molecule has 0 bridgehead atoms. The van der Waals surface area contributed by atoms with E-state index in [1.165, 1.54) is 0 Å². The smallest absolute Gasteiger partial charge is 0.158 e. The van der Waals surface area contributed by atoms with Gasteiger partial charge in [-0.2, -0.15) is 0 Å². The molecule has 0 radical (unpaired) electrons. The molecule has 0 aromatic carbocycles. The van der Waals surface area contributed by atoms with Gasteiger partial charge in [0.2, 0.25) is 0 Å². The molecule has 0 saturated carbocycles. The minimum Gasteiger partial charge on any atom is -0.393 e. The van der Waals surface area contributed by atoms with Gasteiger partial charge in [0.25, 0.3) is 0 Å². The first-order chi connectivity index (χ1) is 14.3. The van der Waals surface area contributed by atoms with E-state index in [1.54, 1.807) is 6.92 Å². The van der Waals surface area contributed by atoms with Gasteiger partial charge in [0.05, 0.1) is 42.7 Å². The summed E-state index contributed by atoms with van der Waals surface area (Å²) in [6.07, 6.45) is 4.51. The second kappa shape index (κ2) is 13.3. The fourth-order valence-corrected chi connectivity index (χ4v) is 4.55.